The fourth-order valence-electron chi connectivity index (χ4n) is 4.32. The number of aromatic amines is 1. The van der Waals surface area contributed by atoms with Crippen LogP contribution in [-0.2, 0) is 15.0 Å². The third-order valence-corrected chi connectivity index (χ3v) is 5.84. The Morgan fingerprint density at radius 2 is 1.93 bits per heavy atom. The van der Waals surface area contributed by atoms with E-state index < -0.39 is 22.7 Å². The Balaban J connectivity index is 1.99. The van der Waals surface area contributed by atoms with Gasteiger partial charge < -0.3 is 25.0 Å². The number of pyridine rings is 1. The number of nitrogens with two attached hydrogens (primary N) is 1. The Labute approximate surface area is 160 Å². The van der Waals surface area contributed by atoms with Gasteiger partial charge in [0, 0.05) is 23.2 Å². The minimum atomic E-state index is -1.37. The maximum atomic E-state index is 12.5. The van der Waals surface area contributed by atoms with Gasteiger partial charge in [0.25, 0.3) is 0 Å². The molecule has 3 N–H and O–H groups in total. The van der Waals surface area contributed by atoms with Crippen molar-refractivity contribution in [2.45, 2.75) is 18.3 Å². The van der Waals surface area contributed by atoms with Crippen molar-refractivity contribution in [3.63, 3.8) is 0 Å². The lowest BCUT2D eigenvalue weighted by Crippen LogP contribution is -2.31. The van der Waals surface area contributed by atoms with Gasteiger partial charge in [-0.2, -0.15) is 0 Å². The Bertz CT molecular complexity index is 1070. The molecular weight excluding hydrogens is 362 g/mol. The Hall–Kier alpha value is -3.49. The lowest BCUT2D eigenvalue weighted by molar-refractivity contribution is -0.125. The van der Waals surface area contributed by atoms with Crippen LogP contribution in [-0.4, -0.2) is 46.3 Å². The van der Waals surface area contributed by atoms with Crippen LogP contribution in [0, 0.1) is 5.41 Å². The second-order valence-electron chi connectivity index (χ2n) is 6.93. The number of methoxy groups -OCH3 is 2. The van der Waals surface area contributed by atoms with Gasteiger partial charge in [-0.05, 0) is 19.1 Å². The summed E-state index contributed by atoms with van der Waals surface area (Å²) in [6.07, 6.45) is 5.42. The van der Waals surface area contributed by atoms with E-state index in [-0.39, 0.29) is 17.3 Å². The van der Waals surface area contributed by atoms with E-state index in [4.69, 9.17) is 15.2 Å². The normalized spacial score (nSPS) is 26.0. The lowest BCUT2D eigenvalue weighted by Gasteiger charge is -2.19. The van der Waals surface area contributed by atoms with Gasteiger partial charge in [-0.15, -0.1) is 0 Å². The molecule has 3 heterocycles. The van der Waals surface area contributed by atoms with Gasteiger partial charge in [0.1, 0.15) is 12.6 Å². The van der Waals surface area contributed by atoms with Gasteiger partial charge in [-0.1, -0.05) is 0 Å². The molecule has 3 aromatic rings. The highest BCUT2D eigenvalue weighted by molar-refractivity contribution is 6.00. The molecule has 1 fully saturated rings. The standard InChI is InChI=1S/C19H19N5O4/c1-18(17(20)26)14(11-6-10-4-5-21-12(10)7-22-11)19(18,8-25)13-15(27-2)23-9-24-16(13)28-3/h4-9,14,21H,1-3H3,(H2,20,26). The van der Waals surface area contributed by atoms with Crippen LogP contribution in [0.25, 0.3) is 10.9 Å². The zero-order valence-corrected chi connectivity index (χ0v) is 15.6. The summed E-state index contributed by atoms with van der Waals surface area (Å²) in [5.41, 5.74) is 4.85. The van der Waals surface area contributed by atoms with E-state index >= 15 is 0 Å². The Morgan fingerprint density at radius 1 is 1.25 bits per heavy atom. The van der Waals surface area contributed by atoms with Crippen molar-refractivity contribution in [3.05, 3.63) is 42.1 Å². The average Bonchev–Trinajstić information content (AvgIpc) is 3.00. The van der Waals surface area contributed by atoms with E-state index in [1.165, 1.54) is 20.5 Å². The first-order valence-corrected chi connectivity index (χ1v) is 8.58. The minimum Gasteiger partial charge on any atom is -0.481 e. The first kappa shape index (κ1) is 17.9. The molecular formula is C19H19N5O4. The quantitative estimate of drug-likeness (QED) is 0.611. The van der Waals surface area contributed by atoms with Gasteiger partial charge >= 0.3 is 0 Å². The number of rotatable bonds is 6. The molecule has 1 saturated carbocycles. The molecule has 0 spiro atoms. The number of carbonyl (C=O) groups excluding carboxylic acids is 2. The molecule has 0 aromatic carbocycles. The number of H-pyrrole nitrogens is 1. The van der Waals surface area contributed by atoms with E-state index in [0.717, 1.165) is 10.9 Å². The molecule has 3 unspecified atom stereocenters. The highest BCUT2D eigenvalue weighted by Gasteiger charge is 2.81. The third-order valence-electron chi connectivity index (χ3n) is 5.84. The largest absolute Gasteiger partial charge is 0.481 e. The fraction of sp³-hybridized carbons (Fsp3) is 0.316. The van der Waals surface area contributed by atoms with Gasteiger partial charge in [0.15, 0.2) is 0 Å². The van der Waals surface area contributed by atoms with Crippen LogP contribution >= 0.6 is 0 Å². The van der Waals surface area contributed by atoms with Crippen molar-refractivity contribution < 1.29 is 19.1 Å². The van der Waals surface area contributed by atoms with E-state index in [1.54, 1.807) is 19.3 Å². The van der Waals surface area contributed by atoms with Crippen LogP contribution in [0.3, 0.4) is 0 Å². The summed E-state index contributed by atoms with van der Waals surface area (Å²) in [4.78, 5) is 40.8. The van der Waals surface area contributed by atoms with Crippen molar-refractivity contribution in [1.29, 1.82) is 0 Å². The van der Waals surface area contributed by atoms with Crippen LogP contribution in [0.15, 0.2) is 30.9 Å². The predicted molar refractivity (Wildman–Crippen MR) is 99.0 cm³/mol. The summed E-state index contributed by atoms with van der Waals surface area (Å²) >= 11 is 0. The number of hydrogen-bond donors (Lipinski definition) is 2. The second-order valence-corrected chi connectivity index (χ2v) is 6.93. The van der Waals surface area contributed by atoms with Crippen LogP contribution in [0.5, 0.6) is 11.8 Å². The molecule has 1 aliphatic carbocycles. The predicted octanol–water partition coefficient (Wildman–Crippen LogP) is 1.10. The zero-order valence-electron chi connectivity index (χ0n) is 15.6. The summed E-state index contributed by atoms with van der Waals surface area (Å²) in [5.74, 6) is -0.954. The average molecular weight is 381 g/mol. The number of carbonyl (C=O) groups is 2. The number of nitrogens with one attached hydrogen (secondary N) is 1. The number of hydrogen-bond acceptors (Lipinski definition) is 7. The molecule has 0 aliphatic heterocycles. The number of aromatic nitrogens is 4. The molecule has 1 aliphatic rings. The third kappa shape index (κ3) is 2.04. The molecule has 0 saturated heterocycles. The van der Waals surface area contributed by atoms with Gasteiger partial charge in [-0.25, -0.2) is 9.97 Å². The summed E-state index contributed by atoms with van der Waals surface area (Å²) in [5, 5.41) is 0.909. The van der Waals surface area contributed by atoms with Crippen LogP contribution < -0.4 is 15.2 Å². The van der Waals surface area contributed by atoms with Crippen molar-refractivity contribution in [3.8, 4) is 11.8 Å². The molecule has 0 radical (unpaired) electrons. The second kappa shape index (κ2) is 6.01. The zero-order chi connectivity index (χ0) is 20.1. The lowest BCUT2D eigenvalue weighted by atomic mass is 9.88. The topological polar surface area (TPSA) is 133 Å². The first-order chi connectivity index (χ1) is 13.5. The summed E-state index contributed by atoms with van der Waals surface area (Å²) in [6, 6.07) is 3.73. The number of nitrogens with zero attached hydrogens (tertiary/aromatic N) is 3. The van der Waals surface area contributed by atoms with Gasteiger partial charge in [-0.3, -0.25) is 9.78 Å². The van der Waals surface area contributed by atoms with E-state index in [9.17, 15) is 9.59 Å². The van der Waals surface area contributed by atoms with E-state index in [1.807, 2.05) is 12.1 Å². The summed E-state index contributed by atoms with van der Waals surface area (Å²) in [6.45, 7) is 1.64. The Morgan fingerprint density at radius 3 is 2.50 bits per heavy atom. The molecule has 144 valence electrons. The number of ether oxygens (including phenoxy) is 2. The van der Waals surface area contributed by atoms with Crippen molar-refractivity contribution in [1.82, 2.24) is 19.9 Å². The van der Waals surface area contributed by atoms with Crippen LogP contribution in [0.1, 0.15) is 24.1 Å². The van der Waals surface area contributed by atoms with Gasteiger partial charge in [0.05, 0.1) is 42.3 Å². The number of fused-ring (bicyclic) bond motifs is 1. The molecule has 0 bridgehead atoms. The molecule has 9 heteroatoms. The van der Waals surface area contributed by atoms with Crippen LogP contribution in [0.2, 0.25) is 0 Å². The summed E-state index contributed by atoms with van der Waals surface area (Å²) in [7, 11) is 2.85. The molecule has 9 nitrogen and oxygen atoms in total. The Kier molecular flexibility index (Phi) is 3.84. The maximum Gasteiger partial charge on any atom is 0.225 e. The fourth-order valence-corrected chi connectivity index (χ4v) is 4.32. The van der Waals surface area contributed by atoms with Crippen molar-refractivity contribution >= 4 is 23.1 Å². The molecule has 1 amide bonds. The molecule has 28 heavy (non-hydrogen) atoms. The first-order valence-electron chi connectivity index (χ1n) is 8.58. The number of amides is 1. The monoisotopic (exact) mass is 381 g/mol. The maximum absolute atomic E-state index is 12.5. The minimum absolute atomic E-state index is 0.150. The SMILES string of the molecule is COc1ncnc(OC)c1C1(C=O)C(c2cc3cc[nH]c3cn2)C1(C)C(N)=O. The van der Waals surface area contributed by atoms with Crippen molar-refractivity contribution in [2.24, 2.45) is 11.1 Å². The van der Waals surface area contributed by atoms with E-state index in [2.05, 4.69) is 19.9 Å². The summed E-state index contributed by atoms with van der Waals surface area (Å²) < 4.78 is 10.7. The van der Waals surface area contributed by atoms with Crippen LogP contribution in [0.4, 0.5) is 0 Å². The highest BCUT2D eigenvalue weighted by Crippen LogP contribution is 2.75. The molecule has 4 rings (SSSR count). The number of primary amides is 1. The number of aldehydes is 1. The van der Waals surface area contributed by atoms with Gasteiger partial charge in [0.2, 0.25) is 17.7 Å². The molecule has 3 atom stereocenters. The van der Waals surface area contributed by atoms with E-state index in [0.29, 0.717) is 12.0 Å². The van der Waals surface area contributed by atoms with Crippen molar-refractivity contribution in [2.75, 3.05) is 14.2 Å². The molecule has 3 aromatic heterocycles. The smallest absolute Gasteiger partial charge is 0.225 e. The highest BCUT2D eigenvalue weighted by atomic mass is 16.5.